The van der Waals surface area contributed by atoms with Crippen molar-refractivity contribution in [2.45, 2.75) is 97.7 Å². The minimum Gasteiger partial charge on any atom is -0.366 e. The van der Waals surface area contributed by atoms with E-state index in [0.717, 1.165) is 11.8 Å². The molecule has 0 aromatic rings. The number of rotatable bonds is 0. The molecule has 1 aliphatic heterocycles. The van der Waals surface area contributed by atoms with Crippen LogP contribution in [0.15, 0.2) is 0 Å². The van der Waals surface area contributed by atoms with E-state index in [0.29, 0.717) is 22.3 Å². The Hall–Kier alpha value is -0.0400. The second-order valence-electron chi connectivity index (χ2n) is 10.3. The maximum Gasteiger partial charge on any atom is 0.0920 e. The summed E-state index contributed by atoms with van der Waals surface area (Å²) in [6, 6.07) is 0. The zero-order valence-electron chi connectivity index (χ0n) is 14.8. The van der Waals surface area contributed by atoms with Gasteiger partial charge < -0.3 is 4.74 Å². The molecule has 3 aliphatic carbocycles. The molecule has 4 aliphatic rings. The highest BCUT2D eigenvalue weighted by atomic mass is 16.6. The molecule has 1 saturated heterocycles. The Labute approximate surface area is 131 Å². The van der Waals surface area contributed by atoms with Gasteiger partial charge in [0, 0.05) is 0 Å². The summed E-state index contributed by atoms with van der Waals surface area (Å²) in [5.41, 5.74) is 1.93. The number of ether oxygens (including phenoxy) is 1. The van der Waals surface area contributed by atoms with Crippen molar-refractivity contribution in [1.82, 2.24) is 0 Å². The van der Waals surface area contributed by atoms with Crippen molar-refractivity contribution in [2.75, 3.05) is 0 Å². The average molecular weight is 290 g/mol. The average Bonchev–Trinajstić information content (AvgIpc) is 2.97. The third kappa shape index (κ3) is 1.92. The fourth-order valence-corrected chi connectivity index (χ4v) is 7.29. The van der Waals surface area contributed by atoms with Crippen LogP contribution in [0.5, 0.6) is 0 Å². The molecule has 3 saturated carbocycles. The first-order chi connectivity index (χ1) is 9.70. The Morgan fingerprint density at radius 2 is 1.52 bits per heavy atom. The van der Waals surface area contributed by atoms with E-state index in [-0.39, 0.29) is 5.60 Å². The zero-order chi connectivity index (χ0) is 15.1. The predicted molar refractivity (Wildman–Crippen MR) is 87.2 cm³/mol. The van der Waals surface area contributed by atoms with Gasteiger partial charge in [0.05, 0.1) is 11.7 Å². The topological polar surface area (TPSA) is 12.5 Å². The molecule has 1 heterocycles. The normalized spacial score (nSPS) is 58.4. The van der Waals surface area contributed by atoms with Crippen LogP contribution in [0, 0.1) is 28.1 Å². The first kappa shape index (κ1) is 14.5. The first-order valence-corrected chi connectivity index (χ1v) is 9.38. The second kappa shape index (κ2) is 4.08. The van der Waals surface area contributed by atoms with Crippen molar-refractivity contribution in [3.05, 3.63) is 0 Å². The molecule has 0 bridgehead atoms. The second-order valence-corrected chi connectivity index (χ2v) is 10.3. The Kier molecular flexibility index (Phi) is 2.82. The van der Waals surface area contributed by atoms with Crippen LogP contribution in [0.4, 0.5) is 0 Å². The van der Waals surface area contributed by atoms with Crippen molar-refractivity contribution < 1.29 is 4.74 Å². The van der Waals surface area contributed by atoms with Crippen LogP contribution >= 0.6 is 0 Å². The summed E-state index contributed by atoms with van der Waals surface area (Å²) in [7, 11) is 0. The van der Waals surface area contributed by atoms with Crippen molar-refractivity contribution in [1.29, 1.82) is 0 Å². The van der Waals surface area contributed by atoms with E-state index < -0.39 is 0 Å². The van der Waals surface area contributed by atoms with Crippen molar-refractivity contribution in [3.63, 3.8) is 0 Å². The molecular formula is C20H34O. The van der Waals surface area contributed by atoms with Gasteiger partial charge in [-0.05, 0) is 80.0 Å². The van der Waals surface area contributed by atoms with Gasteiger partial charge >= 0.3 is 0 Å². The van der Waals surface area contributed by atoms with Crippen molar-refractivity contribution in [2.24, 2.45) is 28.1 Å². The van der Waals surface area contributed by atoms with Crippen LogP contribution in [0.25, 0.3) is 0 Å². The van der Waals surface area contributed by atoms with Crippen LogP contribution in [0.2, 0.25) is 0 Å². The van der Waals surface area contributed by atoms with Gasteiger partial charge in [-0.1, -0.05) is 34.1 Å². The fraction of sp³-hybridized carbons (Fsp3) is 1.00. The molecule has 4 fully saturated rings. The van der Waals surface area contributed by atoms with Gasteiger partial charge in [0.1, 0.15) is 0 Å². The lowest BCUT2D eigenvalue weighted by atomic mass is 9.42. The van der Waals surface area contributed by atoms with Gasteiger partial charge in [-0.3, -0.25) is 0 Å². The Morgan fingerprint density at radius 1 is 0.810 bits per heavy atom. The summed E-state index contributed by atoms with van der Waals surface area (Å²) in [5.74, 6) is 1.87. The van der Waals surface area contributed by atoms with Crippen molar-refractivity contribution >= 4 is 0 Å². The molecule has 6 atom stereocenters. The zero-order valence-corrected chi connectivity index (χ0v) is 14.8. The van der Waals surface area contributed by atoms with Gasteiger partial charge in [-0.15, -0.1) is 0 Å². The molecule has 21 heavy (non-hydrogen) atoms. The monoisotopic (exact) mass is 290 g/mol. The molecule has 4 rings (SSSR count). The smallest absolute Gasteiger partial charge is 0.0920 e. The van der Waals surface area contributed by atoms with E-state index in [9.17, 15) is 0 Å². The minimum atomic E-state index is 0.246. The quantitative estimate of drug-likeness (QED) is 0.531. The largest absolute Gasteiger partial charge is 0.366 e. The summed E-state index contributed by atoms with van der Waals surface area (Å²) >= 11 is 0. The van der Waals surface area contributed by atoms with Crippen LogP contribution < -0.4 is 0 Å². The molecule has 0 N–H and O–H groups in total. The molecule has 0 unspecified atom stereocenters. The van der Waals surface area contributed by atoms with E-state index in [1.165, 1.54) is 51.4 Å². The number of hydrogen-bond donors (Lipinski definition) is 0. The Bertz CT molecular complexity index is 455. The van der Waals surface area contributed by atoms with Gasteiger partial charge in [-0.25, -0.2) is 0 Å². The van der Waals surface area contributed by atoms with Crippen molar-refractivity contribution in [3.8, 4) is 0 Å². The third-order valence-electron chi connectivity index (χ3n) is 8.53. The molecule has 0 aromatic heterocycles. The molecule has 120 valence electrons. The highest BCUT2D eigenvalue weighted by molar-refractivity contribution is 5.13. The number of hydrogen-bond acceptors (Lipinski definition) is 1. The summed E-state index contributed by atoms with van der Waals surface area (Å²) in [6.45, 7) is 12.7. The minimum absolute atomic E-state index is 0.246. The number of fused-ring (bicyclic) bond motifs is 4. The number of epoxide rings is 1. The molecule has 0 aromatic carbocycles. The maximum atomic E-state index is 6.07. The van der Waals surface area contributed by atoms with Gasteiger partial charge in [0.2, 0.25) is 0 Å². The Balaban J connectivity index is 1.70. The fourth-order valence-electron chi connectivity index (χ4n) is 7.29. The van der Waals surface area contributed by atoms with E-state index >= 15 is 0 Å². The van der Waals surface area contributed by atoms with Gasteiger partial charge in [-0.2, -0.15) is 0 Å². The highest BCUT2D eigenvalue weighted by Crippen LogP contribution is 2.69. The van der Waals surface area contributed by atoms with E-state index in [4.69, 9.17) is 4.74 Å². The van der Waals surface area contributed by atoms with Crippen LogP contribution in [-0.4, -0.2) is 11.7 Å². The van der Waals surface area contributed by atoms with Crippen LogP contribution in [-0.2, 0) is 4.74 Å². The molecule has 0 radical (unpaired) electrons. The van der Waals surface area contributed by atoms with Gasteiger partial charge in [0.15, 0.2) is 0 Å². The molecule has 0 spiro atoms. The Morgan fingerprint density at radius 3 is 2.29 bits per heavy atom. The molecule has 0 amide bonds. The standard InChI is InChI=1S/C20H34O/c1-17(2)9-6-10-19(4)14(17)7-11-18(3)13-16-20(5,21-16)12-8-15(18)19/h14-16H,6-13H2,1-5H3/t14-,15-,16+,18-,19-,20-/m0/s1. The third-order valence-corrected chi connectivity index (χ3v) is 8.53. The SMILES string of the molecule is CC1(C)CCC[C@@]2(C)[C@H]1CC[C@@]1(C)C[C@H]3O[C@@]3(C)CC[C@@H]12. The lowest BCUT2D eigenvalue weighted by Crippen LogP contribution is -2.54. The summed E-state index contributed by atoms with van der Waals surface area (Å²) < 4.78 is 6.07. The van der Waals surface area contributed by atoms with E-state index in [1.807, 2.05) is 0 Å². The van der Waals surface area contributed by atoms with E-state index in [1.54, 1.807) is 0 Å². The molecule has 1 heteroatoms. The lowest BCUT2D eigenvalue weighted by Gasteiger charge is -2.62. The molecule has 1 nitrogen and oxygen atoms in total. The summed E-state index contributed by atoms with van der Waals surface area (Å²) in [4.78, 5) is 0. The predicted octanol–water partition coefficient (Wildman–Crippen LogP) is 5.58. The van der Waals surface area contributed by atoms with E-state index in [2.05, 4.69) is 34.6 Å². The lowest BCUT2D eigenvalue weighted by molar-refractivity contribution is -0.135. The maximum absolute atomic E-state index is 6.07. The first-order valence-electron chi connectivity index (χ1n) is 9.38. The summed E-state index contributed by atoms with van der Waals surface area (Å²) in [6.07, 6.45) is 11.9. The van der Waals surface area contributed by atoms with Gasteiger partial charge in [0.25, 0.3) is 0 Å². The highest BCUT2D eigenvalue weighted by Gasteiger charge is 2.64. The summed E-state index contributed by atoms with van der Waals surface area (Å²) in [5, 5.41) is 0. The molecular weight excluding hydrogens is 256 g/mol. The van der Waals surface area contributed by atoms with Crippen LogP contribution in [0.3, 0.4) is 0 Å². The van der Waals surface area contributed by atoms with Crippen LogP contribution in [0.1, 0.15) is 86.0 Å².